The number of hydrogen-bond acceptors (Lipinski definition) is 3. The molecule has 5 nitrogen and oxygen atoms in total. The van der Waals surface area contributed by atoms with Gasteiger partial charge in [0.15, 0.2) is 0 Å². The highest BCUT2D eigenvalue weighted by Gasteiger charge is 2.20. The molecule has 5 heteroatoms. The van der Waals surface area contributed by atoms with E-state index in [4.69, 9.17) is 4.74 Å². The normalized spacial score (nSPS) is 11.7. The molecule has 2 rings (SSSR count). The third kappa shape index (κ3) is 3.72. The van der Waals surface area contributed by atoms with Crippen molar-refractivity contribution < 1.29 is 14.3 Å². The fourth-order valence-corrected chi connectivity index (χ4v) is 2.12. The van der Waals surface area contributed by atoms with E-state index < -0.39 is 6.04 Å². The summed E-state index contributed by atoms with van der Waals surface area (Å²) in [6.07, 6.45) is 1.89. The second-order valence-electron chi connectivity index (χ2n) is 4.72. The standard InChI is InChI=1S/C16H18N2O3/c1-18-10-6-9-14(18)16(20)17-13(11-15(19)21-2)12-7-4-3-5-8-12/h3-10,13H,11H2,1-2H3,(H,17,20). The molecule has 0 bridgehead atoms. The molecule has 0 saturated heterocycles. The van der Waals surface area contributed by atoms with Gasteiger partial charge in [0.1, 0.15) is 5.69 Å². The van der Waals surface area contributed by atoms with Crippen molar-refractivity contribution in [2.75, 3.05) is 7.11 Å². The molecule has 110 valence electrons. The van der Waals surface area contributed by atoms with Crippen molar-refractivity contribution in [2.45, 2.75) is 12.5 Å². The summed E-state index contributed by atoms with van der Waals surface area (Å²) in [5.74, 6) is -0.587. The molecule has 1 amide bonds. The molecular weight excluding hydrogens is 268 g/mol. The van der Waals surface area contributed by atoms with Gasteiger partial charge in [-0.1, -0.05) is 30.3 Å². The molecule has 0 saturated carbocycles. The number of carbonyl (C=O) groups is 2. The van der Waals surface area contributed by atoms with Gasteiger partial charge in [0.25, 0.3) is 5.91 Å². The Bertz CT molecular complexity index is 619. The Kier molecular flexibility index (Phi) is 4.77. The number of benzene rings is 1. The van der Waals surface area contributed by atoms with Crippen molar-refractivity contribution in [3.63, 3.8) is 0 Å². The van der Waals surface area contributed by atoms with Crippen LogP contribution in [0.1, 0.15) is 28.5 Å². The fourth-order valence-electron chi connectivity index (χ4n) is 2.12. The Morgan fingerprint density at radius 3 is 2.48 bits per heavy atom. The molecular formula is C16H18N2O3. The van der Waals surface area contributed by atoms with Gasteiger partial charge < -0.3 is 14.6 Å². The molecule has 1 unspecified atom stereocenters. The van der Waals surface area contributed by atoms with Gasteiger partial charge in [0, 0.05) is 13.2 Å². The summed E-state index contributed by atoms with van der Waals surface area (Å²) >= 11 is 0. The lowest BCUT2D eigenvalue weighted by molar-refractivity contribution is -0.141. The minimum atomic E-state index is -0.416. The monoisotopic (exact) mass is 286 g/mol. The molecule has 1 atom stereocenters. The first-order valence-electron chi connectivity index (χ1n) is 6.65. The van der Waals surface area contributed by atoms with Gasteiger partial charge >= 0.3 is 5.97 Å². The summed E-state index contributed by atoms with van der Waals surface area (Å²) in [7, 11) is 3.14. The number of nitrogens with zero attached hydrogens (tertiary/aromatic N) is 1. The minimum absolute atomic E-state index is 0.0939. The predicted molar refractivity (Wildman–Crippen MR) is 78.7 cm³/mol. The van der Waals surface area contributed by atoms with Crippen molar-refractivity contribution >= 4 is 11.9 Å². The Labute approximate surface area is 123 Å². The molecule has 0 aliphatic rings. The number of rotatable bonds is 5. The molecule has 2 aromatic rings. The average molecular weight is 286 g/mol. The quantitative estimate of drug-likeness (QED) is 0.856. The van der Waals surface area contributed by atoms with Crippen LogP contribution in [0.4, 0.5) is 0 Å². The molecule has 1 aromatic heterocycles. The summed E-state index contributed by atoms with van der Waals surface area (Å²) in [4.78, 5) is 23.8. The highest BCUT2D eigenvalue weighted by atomic mass is 16.5. The molecule has 21 heavy (non-hydrogen) atoms. The second-order valence-corrected chi connectivity index (χ2v) is 4.72. The minimum Gasteiger partial charge on any atom is -0.469 e. The first-order valence-corrected chi connectivity index (χ1v) is 6.65. The van der Waals surface area contributed by atoms with Crippen molar-refractivity contribution in [2.24, 2.45) is 7.05 Å². The number of carbonyl (C=O) groups excluding carboxylic acids is 2. The number of nitrogens with one attached hydrogen (secondary N) is 1. The SMILES string of the molecule is COC(=O)CC(NC(=O)c1cccn1C)c1ccccc1. The second kappa shape index (κ2) is 6.74. The van der Waals surface area contributed by atoms with Crippen LogP contribution in [0.25, 0.3) is 0 Å². The molecule has 0 aliphatic heterocycles. The van der Waals surface area contributed by atoms with Crippen LogP contribution in [-0.4, -0.2) is 23.6 Å². The van der Waals surface area contributed by atoms with E-state index in [2.05, 4.69) is 5.32 Å². The molecule has 0 radical (unpaired) electrons. The molecule has 0 spiro atoms. The van der Waals surface area contributed by atoms with Crippen LogP contribution in [0, 0.1) is 0 Å². The van der Waals surface area contributed by atoms with E-state index in [-0.39, 0.29) is 18.3 Å². The number of aryl methyl sites for hydroxylation is 1. The van der Waals surface area contributed by atoms with Gasteiger partial charge in [-0.2, -0.15) is 0 Å². The van der Waals surface area contributed by atoms with Gasteiger partial charge in [-0.25, -0.2) is 0 Å². The molecule has 1 N–H and O–H groups in total. The van der Waals surface area contributed by atoms with Crippen LogP contribution in [-0.2, 0) is 16.6 Å². The lowest BCUT2D eigenvalue weighted by Gasteiger charge is -2.18. The zero-order valence-corrected chi connectivity index (χ0v) is 12.1. The van der Waals surface area contributed by atoms with E-state index in [1.165, 1.54) is 7.11 Å². The number of esters is 1. The van der Waals surface area contributed by atoms with E-state index in [1.54, 1.807) is 29.9 Å². The Hall–Kier alpha value is -2.56. The summed E-state index contributed by atoms with van der Waals surface area (Å²) < 4.78 is 6.43. The number of amides is 1. The number of ether oxygens (including phenoxy) is 1. The number of methoxy groups -OCH3 is 1. The summed E-state index contributed by atoms with van der Waals surface area (Å²) in [5, 5.41) is 2.88. The first kappa shape index (κ1) is 14.8. The van der Waals surface area contributed by atoms with Crippen molar-refractivity contribution in [3.8, 4) is 0 Å². The number of hydrogen-bond donors (Lipinski definition) is 1. The van der Waals surface area contributed by atoms with Crippen LogP contribution in [0.5, 0.6) is 0 Å². The maximum atomic E-state index is 12.3. The fraction of sp³-hybridized carbons (Fsp3) is 0.250. The van der Waals surface area contributed by atoms with Crippen molar-refractivity contribution in [1.82, 2.24) is 9.88 Å². The van der Waals surface area contributed by atoms with E-state index >= 15 is 0 Å². The lowest BCUT2D eigenvalue weighted by atomic mass is 10.0. The summed E-state index contributed by atoms with van der Waals surface area (Å²) in [5.41, 5.74) is 1.41. The van der Waals surface area contributed by atoms with E-state index in [0.717, 1.165) is 5.56 Å². The lowest BCUT2D eigenvalue weighted by Crippen LogP contribution is -2.31. The predicted octanol–water partition coefficient (Wildman–Crippen LogP) is 2.06. The zero-order valence-electron chi connectivity index (χ0n) is 12.1. The smallest absolute Gasteiger partial charge is 0.307 e. The largest absolute Gasteiger partial charge is 0.469 e. The number of aromatic nitrogens is 1. The Morgan fingerprint density at radius 1 is 1.19 bits per heavy atom. The van der Waals surface area contributed by atoms with Gasteiger partial charge in [-0.3, -0.25) is 9.59 Å². The topological polar surface area (TPSA) is 60.3 Å². The van der Waals surface area contributed by atoms with Crippen LogP contribution in [0.3, 0.4) is 0 Å². The van der Waals surface area contributed by atoms with E-state index in [1.807, 2.05) is 30.3 Å². The Balaban J connectivity index is 2.18. The maximum absolute atomic E-state index is 12.3. The zero-order chi connectivity index (χ0) is 15.2. The summed E-state index contributed by atoms with van der Waals surface area (Å²) in [6.45, 7) is 0. The average Bonchev–Trinajstić information content (AvgIpc) is 2.93. The van der Waals surface area contributed by atoms with Crippen LogP contribution in [0.15, 0.2) is 48.7 Å². The third-order valence-corrected chi connectivity index (χ3v) is 3.28. The molecule has 1 aromatic carbocycles. The maximum Gasteiger partial charge on any atom is 0.307 e. The molecule has 1 heterocycles. The highest BCUT2D eigenvalue weighted by Crippen LogP contribution is 2.18. The van der Waals surface area contributed by atoms with Gasteiger partial charge in [-0.05, 0) is 17.7 Å². The van der Waals surface area contributed by atoms with Crippen LogP contribution < -0.4 is 5.32 Å². The van der Waals surface area contributed by atoms with Gasteiger partial charge in [-0.15, -0.1) is 0 Å². The molecule has 0 fully saturated rings. The highest BCUT2D eigenvalue weighted by molar-refractivity contribution is 5.93. The van der Waals surface area contributed by atoms with Crippen LogP contribution in [0.2, 0.25) is 0 Å². The van der Waals surface area contributed by atoms with Crippen molar-refractivity contribution in [1.29, 1.82) is 0 Å². The molecule has 0 aliphatic carbocycles. The Morgan fingerprint density at radius 2 is 1.90 bits per heavy atom. The van der Waals surface area contributed by atoms with Gasteiger partial charge in [0.2, 0.25) is 0 Å². The first-order chi connectivity index (χ1) is 10.1. The van der Waals surface area contributed by atoms with Crippen molar-refractivity contribution in [3.05, 3.63) is 59.9 Å². The van der Waals surface area contributed by atoms with E-state index in [0.29, 0.717) is 5.69 Å². The van der Waals surface area contributed by atoms with E-state index in [9.17, 15) is 9.59 Å². The van der Waals surface area contributed by atoms with Crippen LogP contribution >= 0.6 is 0 Å². The van der Waals surface area contributed by atoms with Gasteiger partial charge in [0.05, 0.1) is 19.6 Å². The third-order valence-electron chi connectivity index (χ3n) is 3.28. The summed E-state index contributed by atoms with van der Waals surface area (Å²) in [6, 6.07) is 12.5.